The Labute approximate surface area is 106 Å². The quantitative estimate of drug-likeness (QED) is 0.819. The molecule has 2 N–H and O–H groups in total. The van der Waals surface area contributed by atoms with E-state index in [1.165, 1.54) is 10.9 Å². The van der Waals surface area contributed by atoms with Crippen LogP contribution in [0.3, 0.4) is 0 Å². The van der Waals surface area contributed by atoms with Gasteiger partial charge in [0.1, 0.15) is 6.33 Å². The zero-order valence-corrected chi connectivity index (χ0v) is 9.65. The van der Waals surface area contributed by atoms with E-state index in [0.717, 1.165) is 12.1 Å². The van der Waals surface area contributed by atoms with Gasteiger partial charge in [-0.05, 0) is 11.6 Å². The maximum atomic E-state index is 13.4. The van der Waals surface area contributed by atoms with Gasteiger partial charge in [-0.1, -0.05) is 0 Å². The Morgan fingerprint density at radius 1 is 1.32 bits per heavy atom. The molecule has 2 aromatic rings. The van der Waals surface area contributed by atoms with Gasteiger partial charge in [-0.2, -0.15) is 0 Å². The lowest BCUT2D eigenvalue weighted by Gasteiger charge is -2.09. The van der Waals surface area contributed by atoms with Crippen LogP contribution in [0.5, 0.6) is 0 Å². The number of fused-ring (bicyclic) bond motifs is 3. The molecule has 1 aromatic heterocycles. The first-order valence-corrected chi connectivity index (χ1v) is 5.56. The third-order valence-electron chi connectivity index (χ3n) is 3.06. The molecule has 0 amide bonds. The molecule has 0 spiro atoms. The van der Waals surface area contributed by atoms with Gasteiger partial charge in [-0.15, -0.1) is 0 Å². The lowest BCUT2D eigenvalue weighted by Crippen LogP contribution is -2.14. The minimum atomic E-state index is -1.15. The van der Waals surface area contributed by atoms with E-state index in [0.29, 0.717) is 23.5 Å². The number of rotatable bonds is 1. The van der Waals surface area contributed by atoms with Crippen LogP contribution in [0.25, 0.3) is 5.69 Å². The molecule has 1 aliphatic rings. The molecule has 5 nitrogen and oxygen atoms in total. The Bertz CT molecular complexity index is 682. The fourth-order valence-electron chi connectivity index (χ4n) is 2.19. The van der Waals surface area contributed by atoms with Gasteiger partial charge in [0.05, 0.1) is 11.4 Å². The van der Waals surface area contributed by atoms with Gasteiger partial charge in [-0.3, -0.25) is 0 Å². The smallest absolute Gasteiger partial charge is 0.356 e. The number of hydrogen-bond donors (Lipinski definition) is 2. The van der Waals surface area contributed by atoms with Crippen molar-refractivity contribution in [3.8, 4) is 5.69 Å². The monoisotopic (exact) mass is 265 g/mol. The number of nitrogens with zero attached hydrogens (tertiary/aromatic N) is 2. The van der Waals surface area contributed by atoms with Gasteiger partial charge >= 0.3 is 5.97 Å². The summed E-state index contributed by atoms with van der Waals surface area (Å²) in [6.45, 7) is 0.590. The fraction of sp³-hybridized carbons (Fsp3) is 0.167. The first kappa shape index (κ1) is 11.8. The van der Waals surface area contributed by atoms with E-state index in [1.54, 1.807) is 0 Å². The zero-order valence-electron chi connectivity index (χ0n) is 9.65. The van der Waals surface area contributed by atoms with Crippen molar-refractivity contribution in [3.05, 3.63) is 47.0 Å². The Kier molecular flexibility index (Phi) is 2.56. The molecule has 2 heterocycles. The first-order valence-electron chi connectivity index (χ1n) is 5.56. The minimum absolute atomic E-state index is 0.0925. The first-order chi connectivity index (χ1) is 9.08. The van der Waals surface area contributed by atoms with E-state index in [1.807, 2.05) is 0 Å². The number of aromatic nitrogens is 2. The summed E-state index contributed by atoms with van der Waals surface area (Å²) in [5.74, 6) is -3.05. The van der Waals surface area contributed by atoms with E-state index < -0.39 is 17.6 Å². The van der Waals surface area contributed by atoms with Crippen molar-refractivity contribution in [3.63, 3.8) is 0 Å². The average Bonchev–Trinajstić information content (AvgIpc) is 2.70. The van der Waals surface area contributed by atoms with Crippen molar-refractivity contribution >= 4 is 5.97 Å². The second kappa shape index (κ2) is 4.13. The van der Waals surface area contributed by atoms with Crippen LogP contribution in [-0.2, 0) is 13.1 Å². The van der Waals surface area contributed by atoms with Gasteiger partial charge in [0.2, 0.25) is 0 Å². The Morgan fingerprint density at radius 3 is 2.79 bits per heavy atom. The molecule has 98 valence electrons. The van der Waals surface area contributed by atoms with Crippen LogP contribution in [0.4, 0.5) is 8.78 Å². The van der Waals surface area contributed by atoms with Crippen LogP contribution in [-0.4, -0.2) is 20.6 Å². The van der Waals surface area contributed by atoms with Gasteiger partial charge in [-0.25, -0.2) is 18.6 Å². The molecule has 19 heavy (non-hydrogen) atoms. The molecule has 0 bridgehead atoms. The SMILES string of the molecule is O=C(O)c1ncn2c1CNCc1cc(F)c(F)cc1-2. The third-order valence-corrected chi connectivity index (χ3v) is 3.06. The summed E-state index contributed by atoms with van der Waals surface area (Å²) in [6.07, 6.45) is 1.31. The number of hydrogen-bond acceptors (Lipinski definition) is 3. The number of halogens is 2. The van der Waals surface area contributed by atoms with Crippen LogP contribution in [0.1, 0.15) is 21.7 Å². The van der Waals surface area contributed by atoms with E-state index in [9.17, 15) is 13.6 Å². The summed E-state index contributed by atoms with van der Waals surface area (Å²) < 4.78 is 28.1. The van der Waals surface area contributed by atoms with Crippen molar-refractivity contribution in [1.29, 1.82) is 0 Å². The summed E-state index contributed by atoms with van der Waals surface area (Å²) in [5, 5.41) is 12.0. The van der Waals surface area contributed by atoms with Gasteiger partial charge < -0.3 is 15.0 Å². The van der Waals surface area contributed by atoms with Crippen LogP contribution in [0.15, 0.2) is 18.5 Å². The lowest BCUT2D eigenvalue weighted by atomic mass is 10.1. The molecule has 1 aliphatic heterocycles. The third kappa shape index (κ3) is 1.78. The number of aromatic carboxylic acids is 1. The Hall–Kier alpha value is -2.28. The zero-order chi connectivity index (χ0) is 13.6. The van der Waals surface area contributed by atoms with Crippen molar-refractivity contribution in [2.24, 2.45) is 0 Å². The van der Waals surface area contributed by atoms with Crippen molar-refractivity contribution in [2.45, 2.75) is 13.1 Å². The van der Waals surface area contributed by atoms with Gasteiger partial charge in [0, 0.05) is 19.2 Å². The summed E-state index contributed by atoms with van der Waals surface area (Å²) >= 11 is 0. The highest BCUT2D eigenvalue weighted by molar-refractivity contribution is 5.87. The van der Waals surface area contributed by atoms with Crippen molar-refractivity contribution in [2.75, 3.05) is 0 Å². The highest BCUT2D eigenvalue weighted by Crippen LogP contribution is 2.24. The molecule has 0 saturated heterocycles. The number of carboxylic acids is 1. The Balaban J connectivity index is 2.25. The number of imidazole rings is 1. The van der Waals surface area contributed by atoms with Crippen LogP contribution in [0.2, 0.25) is 0 Å². The molecule has 0 aliphatic carbocycles. The van der Waals surface area contributed by atoms with Crippen molar-refractivity contribution < 1.29 is 18.7 Å². The van der Waals surface area contributed by atoms with E-state index in [4.69, 9.17) is 5.11 Å². The second-order valence-corrected chi connectivity index (χ2v) is 4.21. The molecule has 0 saturated carbocycles. The summed E-state index contributed by atoms with van der Waals surface area (Å²) in [7, 11) is 0. The van der Waals surface area contributed by atoms with Gasteiger partial charge in [0.15, 0.2) is 17.3 Å². The highest BCUT2D eigenvalue weighted by atomic mass is 19.2. The predicted octanol–water partition coefficient (Wildman–Crippen LogP) is 1.45. The maximum absolute atomic E-state index is 13.4. The lowest BCUT2D eigenvalue weighted by molar-refractivity contribution is 0.0689. The summed E-state index contributed by atoms with van der Waals surface area (Å²) in [6, 6.07) is 2.15. The molecule has 0 fully saturated rings. The molecule has 0 atom stereocenters. The maximum Gasteiger partial charge on any atom is 0.356 e. The molecule has 1 aromatic carbocycles. The largest absolute Gasteiger partial charge is 0.476 e. The van der Waals surface area contributed by atoms with Gasteiger partial charge in [0.25, 0.3) is 0 Å². The molecule has 7 heteroatoms. The Morgan fingerprint density at radius 2 is 2.05 bits per heavy atom. The summed E-state index contributed by atoms with van der Waals surface area (Å²) in [5.41, 5.74) is 1.27. The molecule has 0 radical (unpaired) electrons. The van der Waals surface area contributed by atoms with Crippen LogP contribution in [0, 0.1) is 11.6 Å². The number of carbonyl (C=O) groups is 1. The molecule has 3 rings (SSSR count). The standard InChI is InChI=1S/C12H9F2N3O2/c13-7-1-6-3-15-4-10-11(12(18)19)16-5-17(10)9(6)2-8(7)14/h1-2,5,15H,3-4H2,(H,18,19). The average molecular weight is 265 g/mol. The summed E-state index contributed by atoms with van der Waals surface area (Å²) in [4.78, 5) is 14.8. The van der Waals surface area contributed by atoms with E-state index in [-0.39, 0.29) is 12.2 Å². The molecule has 0 unspecified atom stereocenters. The minimum Gasteiger partial charge on any atom is -0.476 e. The second-order valence-electron chi connectivity index (χ2n) is 4.21. The van der Waals surface area contributed by atoms with Crippen LogP contribution >= 0.6 is 0 Å². The van der Waals surface area contributed by atoms with Crippen LogP contribution < -0.4 is 5.32 Å². The number of nitrogens with one attached hydrogen (secondary N) is 1. The van der Waals surface area contributed by atoms with E-state index in [2.05, 4.69) is 10.3 Å². The topological polar surface area (TPSA) is 67.1 Å². The normalized spacial score (nSPS) is 13.6. The van der Waals surface area contributed by atoms with E-state index >= 15 is 0 Å². The van der Waals surface area contributed by atoms with Crippen molar-refractivity contribution in [1.82, 2.24) is 14.9 Å². The molecular weight excluding hydrogens is 256 g/mol. The predicted molar refractivity (Wildman–Crippen MR) is 61.0 cm³/mol. The fourth-order valence-corrected chi connectivity index (χ4v) is 2.19. The number of carboxylic acid groups (broad SMARTS) is 1. The molecular formula is C12H9F2N3O2. The number of benzene rings is 1. The highest BCUT2D eigenvalue weighted by Gasteiger charge is 2.22.